The molecule has 1 aromatic rings. The van der Waals surface area contributed by atoms with Crippen molar-refractivity contribution in [1.29, 1.82) is 0 Å². The maximum atomic E-state index is 11.0. The van der Waals surface area contributed by atoms with Crippen LogP contribution < -0.4 is 5.32 Å². The molecule has 1 aromatic heterocycles. The molecule has 16 heavy (non-hydrogen) atoms. The van der Waals surface area contributed by atoms with Crippen molar-refractivity contribution in [2.24, 2.45) is 0 Å². The number of methoxy groups -OCH3 is 1. The number of ether oxygens (including phenoxy) is 2. The van der Waals surface area contributed by atoms with Gasteiger partial charge < -0.3 is 9.47 Å². The van der Waals surface area contributed by atoms with Crippen molar-refractivity contribution < 1.29 is 19.1 Å². The van der Waals surface area contributed by atoms with Gasteiger partial charge in [0.15, 0.2) is 5.82 Å². The summed E-state index contributed by atoms with van der Waals surface area (Å²) in [5.74, 6) is -0.121. The summed E-state index contributed by atoms with van der Waals surface area (Å²) < 4.78 is 13.0. The number of rotatable bonds is 4. The van der Waals surface area contributed by atoms with Gasteiger partial charge in [-0.15, -0.1) is 0 Å². The predicted molar refractivity (Wildman–Crippen MR) is 56.3 cm³/mol. The molecule has 0 fully saturated rings. The second kappa shape index (κ2) is 6.01. The van der Waals surface area contributed by atoms with Crippen LogP contribution in [-0.4, -0.2) is 35.1 Å². The third-order valence-corrected chi connectivity index (χ3v) is 2.15. The van der Waals surface area contributed by atoms with Crippen molar-refractivity contribution >= 4 is 28.7 Å². The zero-order valence-corrected chi connectivity index (χ0v) is 9.67. The van der Waals surface area contributed by atoms with Crippen molar-refractivity contribution in [2.75, 3.05) is 19.0 Å². The number of carbonyl (C=O) groups excluding carboxylic acids is 2. The van der Waals surface area contributed by atoms with E-state index in [9.17, 15) is 9.59 Å². The molecule has 0 aliphatic heterocycles. The summed E-state index contributed by atoms with van der Waals surface area (Å²) in [4.78, 5) is 25.8. The summed E-state index contributed by atoms with van der Waals surface area (Å²) >= 11 is 0.975. The van der Waals surface area contributed by atoms with Crippen LogP contribution in [0.3, 0.4) is 0 Å². The smallest absolute Gasteiger partial charge is 0.413 e. The van der Waals surface area contributed by atoms with E-state index in [-0.39, 0.29) is 18.2 Å². The Hall–Kier alpha value is -1.70. The van der Waals surface area contributed by atoms with E-state index < -0.39 is 12.1 Å². The second-order valence-corrected chi connectivity index (χ2v) is 3.37. The third kappa shape index (κ3) is 3.81. The van der Waals surface area contributed by atoms with E-state index in [4.69, 9.17) is 0 Å². The largest absolute Gasteiger partial charge is 0.469 e. The van der Waals surface area contributed by atoms with Gasteiger partial charge in [-0.1, -0.05) is 0 Å². The Morgan fingerprint density at radius 3 is 2.88 bits per heavy atom. The van der Waals surface area contributed by atoms with Crippen molar-refractivity contribution in [3.8, 4) is 0 Å². The van der Waals surface area contributed by atoms with E-state index >= 15 is 0 Å². The van der Waals surface area contributed by atoms with Gasteiger partial charge in [0.2, 0.25) is 5.13 Å². The molecule has 0 saturated heterocycles. The van der Waals surface area contributed by atoms with Gasteiger partial charge in [0.25, 0.3) is 0 Å². The molecule has 0 atom stereocenters. The van der Waals surface area contributed by atoms with E-state index in [1.54, 1.807) is 6.92 Å². The lowest BCUT2D eigenvalue weighted by Gasteiger charge is -1.99. The summed E-state index contributed by atoms with van der Waals surface area (Å²) in [5.41, 5.74) is 0. The topological polar surface area (TPSA) is 90.4 Å². The predicted octanol–water partition coefficient (Wildman–Crippen LogP) is 0.822. The number of esters is 1. The molecule has 0 bridgehead atoms. The zero-order valence-electron chi connectivity index (χ0n) is 8.85. The van der Waals surface area contributed by atoms with Gasteiger partial charge in [-0.05, 0) is 6.92 Å². The van der Waals surface area contributed by atoms with Gasteiger partial charge in [0.1, 0.15) is 6.42 Å². The minimum atomic E-state index is -0.594. The van der Waals surface area contributed by atoms with Gasteiger partial charge in [-0.3, -0.25) is 10.1 Å². The highest BCUT2D eigenvalue weighted by molar-refractivity contribution is 7.09. The van der Waals surface area contributed by atoms with Gasteiger partial charge in [0, 0.05) is 11.5 Å². The van der Waals surface area contributed by atoms with Crippen LogP contribution in [0.25, 0.3) is 0 Å². The number of anilines is 1. The van der Waals surface area contributed by atoms with E-state index in [2.05, 4.69) is 24.1 Å². The molecule has 1 heterocycles. The van der Waals surface area contributed by atoms with E-state index in [1.807, 2.05) is 0 Å². The maximum absolute atomic E-state index is 11.0. The quantitative estimate of drug-likeness (QED) is 0.790. The fourth-order valence-electron chi connectivity index (χ4n) is 0.832. The fraction of sp³-hybridized carbons (Fsp3) is 0.500. The van der Waals surface area contributed by atoms with Gasteiger partial charge in [0.05, 0.1) is 13.7 Å². The van der Waals surface area contributed by atoms with Crippen LogP contribution >= 0.6 is 11.5 Å². The van der Waals surface area contributed by atoms with Gasteiger partial charge in [-0.2, -0.15) is 4.37 Å². The Morgan fingerprint density at radius 1 is 1.50 bits per heavy atom. The standard InChI is InChI=1S/C8H11N3O4S/c1-3-15-8(13)10-7-9-5(11-16-7)4-6(12)14-2/h3-4H2,1-2H3,(H,9,10,11,13). The Labute approximate surface area is 95.9 Å². The average molecular weight is 245 g/mol. The lowest BCUT2D eigenvalue weighted by molar-refractivity contribution is -0.139. The molecule has 0 saturated carbocycles. The number of hydrogen-bond donors (Lipinski definition) is 1. The molecular weight excluding hydrogens is 234 g/mol. The first-order valence-electron chi connectivity index (χ1n) is 4.49. The summed E-state index contributed by atoms with van der Waals surface area (Å²) in [6, 6.07) is 0. The number of carbonyl (C=O) groups is 2. The normalized spacial score (nSPS) is 9.62. The number of nitrogens with one attached hydrogen (secondary N) is 1. The molecule has 7 nitrogen and oxygen atoms in total. The molecule has 0 aromatic carbocycles. The molecule has 0 aliphatic rings. The Morgan fingerprint density at radius 2 is 2.25 bits per heavy atom. The minimum absolute atomic E-state index is 0.0164. The van der Waals surface area contributed by atoms with Crippen LogP contribution in [0.15, 0.2) is 0 Å². The highest BCUT2D eigenvalue weighted by Gasteiger charge is 2.11. The average Bonchev–Trinajstić information content (AvgIpc) is 2.65. The molecule has 0 spiro atoms. The Bertz CT molecular complexity index is 379. The maximum Gasteiger partial charge on any atom is 0.413 e. The molecule has 88 valence electrons. The first-order chi connectivity index (χ1) is 7.65. The van der Waals surface area contributed by atoms with E-state index in [0.717, 1.165) is 11.5 Å². The lowest BCUT2D eigenvalue weighted by atomic mass is 10.4. The molecule has 0 unspecified atom stereocenters. The number of aromatic nitrogens is 2. The highest BCUT2D eigenvalue weighted by atomic mass is 32.1. The first kappa shape index (κ1) is 12.4. The van der Waals surface area contributed by atoms with Crippen LogP contribution in [0.4, 0.5) is 9.93 Å². The van der Waals surface area contributed by atoms with Crippen LogP contribution in [0.2, 0.25) is 0 Å². The summed E-state index contributed by atoms with van der Waals surface area (Å²) in [7, 11) is 1.28. The van der Waals surface area contributed by atoms with Gasteiger partial charge in [-0.25, -0.2) is 9.78 Å². The van der Waals surface area contributed by atoms with Crippen molar-refractivity contribution in [3.63, 3.8) is 0 Å². The SMILES string of the molecule is CCOC(=O)Nc1nc(CC(=O)OC)ns1. The second-order valence-electron chi connectivity index (χ2n) is 2.61. The van der Waals surface area contributed by atoms with Gasteiger partial charge >= 0.3 is 12.1 Å². The summed E-state index contributed by atoms with van der Waals surface area (Å²) in [6.07, 6.45) is -0.611. The first-order valence-corrected chi connectivity index (χ1v) is 5.26. The van der Waals surface area contributed by atoms with E-state index in [0.29, 0.717) is 5.82 Å². The van der Waals surface area contributed by atoms with Crippen LogP contribution in [0.5, 0.6) is 0 Å². The lowest BCUT2D eigenvalue weighted by Crippen LogP contribution is -2.13. The number of hydrogen-bond acceptors (Lipinski definition) is 7. The monoisotopic (exact) mass is 245 g/mol. The highest BCUT2D eigenvalue weighted by Crippen LogP contribution is 2.11. The summed E-state index contributed by atoms with van der Waals surface area (Å²) in [6.45, 7) is 1.97. The molecule has 0 radical (unpaired) electrons. The van der Waals surface area contributed by atoms with Crippen molar-refractivity contribution in [2.45, 2.75) is 13.3 Å². The van der Waals surface area contributed by atoms with Crippen LogP contribution in [-0.2, 0) is 20.7 Å². The van der Waals surface area contributed by atoms with Crippen molar-refractivity contribution in [1.82, 2.24) is 9.36 Å². The molecule has 1 N–H and O–H groups in total. The third-order valence-electron chi connectivity index (χ3n) is 1.48. The fourth-order valence-corrected chi connectivity index (χ4v) is 1.40. The Kier molecular flexibility index (Phi) is 4.65. The summed E-state index contributed by atoms with van der Waals surface area (Å²) in [5, 5.41) is 2.68. The van der Waals surface area contributed by atoms with Crippen molar-refractivity contribution in [3.05, 3.63) is 5.82 Å². The van der Waals surface area contributed by atoms with E-state index in [1.165, 1.54) is 7.11 Å². The molecule has 1 rings (SSSR count). The number of amides is 1. The molecule has 1 amide bonds. The number of nitrogens with zero attached hydrogens (tertiary/aromatic N) is 2. The zero-order chi connectivity index (χ0) is 12.0. The molecule has 0 aliphatic carbocycles. The Balaban J connectivity index is 2.51. The van der Waals surface area contributed by atoms with Crippen LogP contribution in [0.1, 0.15) is 12.7 Å². The molecule has 8 heteroatoms. The minimum Gasteiger partial charge on any atom is -0.469 e. The van der Waals surface area contributed by atoms with Crippen LogP contribution in [0, 0.1) is 0 Å². The molecular formula is C8H11N3O4S.